The van der Waals surface area contributed by atoms with E-state index in [1.165, 1.54) is 32.7 Å². The lowest BCUT2D eigenvalue weighted by atomic mass is 10.1. The number of nitrogens with two attached hydrogens (primary N) is 2. The molecule has 1 heterocycles. The third-order valence-electron chi connectivity index (χ3n) is 3.56. The number of carbonyl (C=O) groups excluding carboxylic acids is 2. The second-order valence-electron chi connectivity index (χ2n) is 5.03. The molecule has 25 heavy (non-hydrogen) atoms. The first-order valence-electron chi connectivity index (χ1n) is 7.14. The molecule has 0 aliphatic heterocycles. The Morgan fingerprint density at radius 3 is 2.00 bits per heavy atom. The Labute approximate surface area is 148 Å². The van der Waals surface area contributed by atoms with Crippen LogP contribution in [0.2, 0.25) is 0 Å². The maximum absolute atomic E-state index is 11.8. The molecule has 0 unspecified atom stereocenters. The van der Waals surface area contributed by atoms with E-state index in [2.05, 4.69) is 5.32 Å². The van der Waals surface area contributed by atoms with Crippen molar-refractivity contribution < 1.29 is 23.8 Å². The molecule has 0 radical (unpaired) electrons. The van der Waals surface area contributed by atoms with Crippen LogP contribution in [0.15, 0.2) is 12.1 Å². The summed E-state index contributed by atoms with van der Waals surface area (Å²) in [6, 6.07) is 2.72. The van der Waals surface area contributed by atoms with Crippen LogP contribution in [0.1, 0.15) is 15.9 Å². The number of amides is 3. The first kappa shape index (κ1) is 18.4. The van der Waals surface area contributed by atoms with Gasteiger partial charge in [-0.3, -0.25) is 10.1 Å². The van der Waals surface area contributed by atoms with Crippen LogP contribution in [0, 0.1) is 6.92 Å². The van der Waals surface area contributed by atoms with E-state index in [9.17, 15) is 9.59 Å². The Morgan fingerprint density at radius 2 is 1.60 bits per heavy atom. The second kappa shape index (κ2) is 7.31. The van der Waals surface area contributed by atoms with Crippen LogP contribution in [0.4, 0.5) is 9.80 Å². The van der Waals surface area contributed by atoms with Crippen LogP contribution in [-0.2, 0) is 0 Å². The summed E-state index contributed by atoms with van der Waals surface area (Å²) in [6.45, 7) is 1.74. The van der Waals surface area contributed by atoms with Crippen molar-refractivity contribution in [3.8, 4) is 27.7 Å². The quantitative estimate of drug-likeness (QED) is 0.724. The largest absolute Gasteiger partial charge is 0.493 e. The lowest BCUT2D eigenvalue weighted by Gasteiger charge is -2.14. The monoisotopic (exact) mass is 365 g/mol. The standard InChI is InChI=1S/C16H19N3O5S/c1-7-11(14(17)20)15(19-16(18)21)25-13(7)8-5-9(22-2)12(24-4)10(6-8)23-3/h5-6H,1-4H3,(H2,17,20)(H3,18,19,21). The summed E-state index contributed by atoms with van der Waals surface area (Å²) < 4.78 is 16.0. The van der Waals surface area contributed by atoms with Crippen molar-refractivity contribution >= 4 is 28.3 Å². The van der Waals surface area contributed by atoms with E-state index in [0.717, 1.165) is 10.4 Å². The molecule has 0 saturated heterocycles. The summed E-state index contributed by atoms with van der Waals surface area (Å²) in [6.07, 6.45) is 0. The van der Waals surface area contributed by atoms with Gasteiger partial charge >= 0.3 is 6.03 Å². The van der Waals surface area contributed by atoms with Gasteiger partial charge < -0.3 is 25.7 Å². The van der Waals surface area contributed by atoms with Crippen LogP contribution >= 0.6 is 11.3 Å². The molecule has 9 heteroatoms. The number of hydrogen-bond donors (Lipinski definition) is 3. The van der Waals surface area contributed by atoms with E-state index in [-0.39, 0.29) is 5.56 Å². The van der Waals surface area contributed by atoms with Crippen molar-refractivity contribution in [3.63, 3.8) is 0 Å². The predicted molar refractivity (Wildman–Crippen MR) is 95.9 cm³/mol. The van der Waals surface area contributed by atoms with Gasteiger partial charge in [-0.1, -0.05) is 0 Å². The Balaban J connectivity index is 2.70. The number of thiophene rings is 1. The highest BCUT2D eigenvalue weighted by atomic mass is 32.1. The van der Waals surface area contributed by atoms with Crippen molar-refractivity contribution in [3.05, 3.63) is 23.3 Å². The summed E-state index contributed by atoms with van der Waals surface area (Å²) in [7, 11) is 4.53. The van der Waals surface area contributed by atoms with Gasteiger partial charge in [-0.05, 0) is 30.2 Å². The molecule has 1 aromatic heterocycles. The normalized spacial score (nSPS) is 10.2. The topological polar surface area (TPSA) is 126 Å². The van der Waals surface area contributed by atoms with Crippen molar-refractivity contribution in [2.45, 2.75) is 6.92 Å². The fraction of sp³-hybridized carbons (Fsp3) is 0.250. The van der Waals surface area contributed by atoms with Gasteiger partial charge in [0.25, 0.3) is 5.91 Å². The van der Waals surface area contributed by atoms with Gasteiger partial charge in [-0.15, -0.1) is 11.3 Å². The highest BCUT2D eigenvalue weighted by molar-refractivity contribution is 7.20. The summed E-state index contributed by atoms with van der Waals surface area (Å²) in [4.78, 5) is 23.7. The average molecular weight is 365 g/mol. The number of urea groups is 1. The number of benzene rings is 1. The minimum absolute atomic E-state index is 0.215. The minimum Gasteiger partial charge on any atom is -0.493 e. The lowest BCUT2D eigenvalue weighted by Crippen LogP contribution is -2.21. The molecule has 0 aliphatic rings. The lowest BCUT2D eigenvalue weighted by molar-refractivity contribution is 0.100. The van der Waals surface area contributed by atoms with Crippen LogP contribution in [0.25, 0.3) is 10.4 Å². The van der Waals surface area contributed by atoms with Crippen molar-refractivity contribution in [2.24, 2.45) is 11.5 Å². The van der Waals surface area contributed by atoms with Gasteiger partial charge in [-0.2, -0.15) is 0 Å². The van der Waals surface area contributed by atoms with E-state index in [4.69, 9.17) is 25.7 Å². The number of carbonyl (C=O) groups is 2. The summed E-state index contributed by atoms with van der Waals surface area (Å²) in [5.41, 5.74) is 12.2. The third-order valence-corrected chi connectivity index (χ3v) is 4.81. The molecular formula is C16H19N3O5S. The second-order valence-corrected chi connectivity index (χ2v) is 6.05. The third kappa shape index (κ3) is 3.45. The Hall–Kier alpha value is -2.94. The van der Waals surface area contributed by atoms with Crippen molar-refractivity contribution in [2.75, 3.05) is 26.6 Å². The smallest absolute Gasteiger partial charge is 0.317 e. The van der Waals surface area contributed by atoms with Crippen LogP contribution in [0.3, 0.4) is 0 Å². The SMILES string of the molecule is COc1cc(-c2sc(NC(N)=O)c(C(N)=O)c2C)cc(OC)c1OC. The molecule has 5 N–H and O–H groups in total. The molecule has 0 aliphatic carbocycles. The number of methoxy groups -OCH3 is 3. The van der Waals surface area contributed by atoms with E-state index < -0.39 is 11.9 Å². The van der Waals surface area contributed by atoms with Crippen LogP contribution in [-0.4, -0.2) is 33.3 Å². The Bertz CT molecular complexity index is 806. The number of nitrogens with one attached hydrogen (secondary N) is 1. The minimum atomic E-state index is -0.778. The van der Waals surface area contributed by atoms with Gasteiger partial charge in [-0.25, -0.2) is 4.79 Å². The van der Waals surface area contributed by atoms with E-state index in [0.29, 0.717) is 27.8 Å². The highest BCUT2D eigenvalue weighted by Crippen LogP contribution is 2.46. The molecule has 1 aromatic carbocycles. The average Bonchev–Trinajstić information content (AvgIpc) is 2.88. The van der Waals surface area contributed by atoms with Gasteiger partial charge in [0.15, 0.2) is 11.5 Å². The van der Waals surface area contributed by atoms with Gasteiger partial charge in [0.2, 0.25) is 5.75 Å². The molecule has 0 atom stereocenters. The summed E-state index contributed by atoms with van der Waals surface area (Å²) >= 11 is 1.18. The van der Waals surface area contributed by atoms with Crippen molar-refractivity contribution in [1.29, 1.82) is 0 Å². The number of primary amides is 2. The summed E-state index contributed by atoms with van der Waals surface area (Å²) in [5.74, 6) is 0.731. The fourth-order valence-electron chi connectivity index (χ4n) is 2.50. The maximum Gasteiger partial charge on any atom is 0.317 e. The molecule has 0 bridgehead atoms. The zero-order valence-electron chi connectivity index (χ0n) is 14.3. The fourth-order valence-corrected chi connectivity index (χ4v) is 3.70. The first-order chi connectivity index (χ1) is 11.8. The molecule has 8 nitrogen and oxygen atoms in total. The number of hydrogen-bond acceptors (Lipinski definition) is 6. The first-order valence-corrected chi connectivity index (χ1v) is 7.95. The number of anilines is 1. The number of ether oxygens (including phenoxy) is 3. The van der Waals surface area contributed by atoms with Gasteiger partial charge in [0, 0.05) is 4.88 Å². The molecule has 2 aromatic rings. The van der Waals surface area contributed by atoms with Crippen molar-refractivity contribution in [1.82, 2.24) is 0 Å². The zero-order valence-corrected chi connectivity index (χ0v) is 15.1. The number of rotatable bonds is 6. The predicted octanol–water partition coefficient (Wildman–Crippen LogP) is 2.34. The molecule has 0 saturated carbocycles. The molecule has 134 valence electrons. The molecule has 3 amide bonds. The summed E-state index contributed by atoms with van der Waals surface area (Å²) in [5, 5.41) is 2.73. The van der Waals surface area contributed by atoms with Gasteiger partial charge in [0.1, 0.15) is 5.00 Å². The molecule has 2 rings (SSSR count). The Kier molecular flexibility index (Phi) is 5.38. The van der Waals surface area contributed by atoms with E-state index in [1.54, 1.807) is 19.1 Å². The highest BCUT2D eigenvalue weighted by Gasteiger charge is 2.23. The molecule has 0 fully saturated rings. The van der Waals surface area contributed by atoms with E-state index >= 15 is 0 Å². The van der Waals surface area contributed by atoms with E-state index in [1.807, 2.05) is 0 Å². The Morgan fingerprint density at radius 1 is 1.04 bits per heavy atom. The molecule has 0 spiro atoms. The molecular weight excluding hydrogens is 346 g/mol. The zero-order chi connectivity index (χ0) is 18.7. The maximum atomic E-state index is 11.8. The van der Waals surface area contributed by atoms with Gasteiger partial charge in [0.05, 0.1) is 26.9 Å². The van der Waals surface area contributed by atoms with Crippen LogP contribution in [0.5, 0.6) is 17.2 Å². The van der Waals surface area contributed by atoms with Crippen LogP contribution < -0.4 is 31.0 Å².